The molecule has 10 heteroatoms. The van der Waals surface area contributed by atoms with E-state index >= 15 is 0 Å². The number of hydrogen-bond acceptors (Lipinski definition) is 8. The van der Waals surface area contributed by atoms with E-state index in [1.54, 1.807) is 0 Å². The van der Waals surface area contributed by atoms with Crippen molar-refractivity contribution < 1.29 is 9.07 Å². The zero-order valence-electron chi connectivity index (χ0n) is 21.9. The van der Waals surface area contributed by atoms with Gasteiger partial charge in [-0.1, -0.05) is 6.92 Å². The number of piperidine rings is 1. The van der Waals surface area contributed by atoms with Gasteiger partial charge in [0.1, 0.15) is 11.6 Å². The van der Waals surface area contributed by atoms with Crippen molar-refractivity contribution in [3.8, 4) is 0 Å². The number of benzene rings is 1. The van der Waals surface area contributed by atoms with Crippen LogP contribution in [0.2, 0.25) is 0 Å². The topological polar surface area (TPSA) is 102 Å². The molecule has 38 heavy (non-hydrogen) atoms. The fourth-order valence-corrected chi connectivity index (χ4v) is 6.11. The highest BCUT2D eigenvalue weighted by atomic mass is 32.2. The van der Waals surface area contributed by atoms with Gasteiger partial charge in [-0.3, -0.25) is 9.89 Å². The molecule has 206 valence electrons. The first-order valence-electron chi connectivity index (χ1n) is 13.9. The molecule has 0 radical (unpaired) electrons. The molecule has 2 aromatic heterocycles. The van der Waals surface area contributed by atoms with E-state index < -0.39 is 0 Å². The van der Waals surface area contributed by atoms with Crippen molar-refractivity contribution in [1.29, 1.82) is 0 Å². The van der Waals surface area contributed by atoms with Gasteiger partial charge >= 0.3 is 0 Å². The number of anilines is 4. The molecule has 2 saturated heterocycles. The Morgan fingerprint density at radius 2 is 1.79 bits per heavy atom. The lowest BCUT2D eigenvalue weighted by Crippen LogP contribution is -2.44. The summed E-state index contributed by atoms with van der Waals surface area (Å²) in [5.41, 5.74) is 1.99. The van der Waals surface area contributed by atoms with E-state index in [1.807, 2.05) is 31.2 Å². The molecule has 4 heterocycles. The Balaban J connectivity index is 0.00000154. The van der Waals surface area contributed by atoms with Gasteiger partial charge in [-0.15, -0.1) is 0 Å². The zero-order chi connectivity index (χ0) is 25.9. The molecule has 2 aliphatic heterocycles. The average Bonchev–Trinajstić information content (AvgIpc) is 3.43. The van der Waals surface area contributed by atoms with E-state index in [-0.39, 0.29) is 10.2 Å². The summed E-state index contributed by atoms with van der Waals surface area (Å²) in [6.45, 7) is 6.35. The molecule has 1 saturated carbocycles. The molecular formula is C28H42N8OS. The van der Waals surface area contributed by atoms with Crippen LogP contribution in [-0.4, -0.2) is 63.2 Å². The third-order valence-corrected chi connectivity index (χ3v) is 8.55. The molecule has 1 aliphatic carbocycles. The smallest absolute Gasteiger partial charge is 0.224 e. The maximum Gasteiger partial charge on any atom is 0.224 e. The van der Waals surface area contributed by atoms with Gasteiger partial charge in [0.15, 0.2) is 11.0 Å². The van der Waals surface area contributed by atoms with E-state index in [9.17, 15) is 4.79 Å². The van der Waals surface area contributed by atoms with Crippen LogP contribution in [0.5, 0.6) is 0 Å². The average molecular weight is 539 g/mol. The molecular weight excluding hydrogens is 496 g/mol. The van der Waals surface area contributed by atoms with Crippen LogP contribution in [0.25, 0.3) is 0 Å². The highest BCUT2D eigenvalue weighted by molar-refractivity contribution is 7.99. The van der Waals surface area contributed by atoms with E-state index in [2.05, 4.69) is 42.8 Å². The molecule has 3 N–H and O–H groups in total. The molecule has 3 aliphatic rings. The number of nitrogens with zero attached hydrogens (tertiary/aromatic N) is 5. The second-order valence-electron chi connectivity index (χ2n) is 10.5. The van der Waals surface area contributed by atoms with Gasteiger partial charge in [-0.05, 0) is 87.6 Å². The number of H-pyrrole nitrogens is 1. The summed E-state index contributed by atoms with van der Waals surface area (Å²) in [5.74, 6) is 3.12. The fourth-order valence-electron chi connectivity index (χ4n) is 5.35. The van der Waals surface area contributed by atoms with Crippen molar-refractivity contribution in [3.63, 3.8) is 0 Å². The maximum atomic E-state index is 11.7. The molecule has 0 spiro atoms. The summed E-state index contributed by atoms with van der Waals surface area (Å²) in [7, 11) is 0. The number of rotatable bonds is 9. The van der Waals surface area contributed by atoms with Crippen LogP contribution in [-0.2, 0) is 4.79 Å². The number of amides is 1. The summed E-state index contributed by atoms with van der Waals surface area (Å²) in [5, 5.41) is 14.6. The number of nitrogens with one attached hydrogen (secondary N) is 3. The highest BCUT2D eigenvalue weighted by Crippen LogP contribution is 2.40. The molecule has 1 aromatic carbocycles. The number of hydrogen-bond donors (Lipinski definition) is 3. The van der Waals surface area contributed by atoms with E-state index in [4.69, 9.17) is 9.97 Å². The molecule has 9 nitrogen and oxygen atoms in total. The van der Waals surface area contributed by atoms with Crippen molar-refractivity contribution in [2.75, 3.05) is 41.7 Å². The third kappa shape index (κ3) is 6.13. The van der Waals surface area contributed by atoms with Crippen molar-refractivity contribution in [1.82, 2.24) is 25.1 Å². The monoisotopic (exact) mass is 538 g/mol. The van der Waals surface area contributed by atoms with Crippen molar-refractivity contribution in [2.24, 2.45) is 0 Å². The van der Waals surface area contributed by atoms with Crippen LogP contribution in [0.4, 0.5) is 23.1 Å². The third-order valence-electron chi connectivity index (χ3n) is 7.68. The minimum absolute atomic E-state index is 0. The summed E-state index contributed by atoms with van der Waals surface area (Å²) >= 11 is 1.53. The molecule has 3 fully saturated rings. The number of carbonyl (C=O) groups is 1. The minimum Gasteiger partial charge on any atom is -0.356 e. The first-order chi connectivity index (χ1) is 18.6. The van der Waals surface area contributed by atoms with Gasteiger partial charge < -0.3 is 20.4 Å². The molecule has 6 rings (SSSR count). The summed E-state index contributed by atoms with van der Waals surface area (Å²) < 4.78 is 0. The predicted octanol–water partition coefficient (Wildman–Crippen LogP) is 6.12. The summed E-state index contributed by atoms with van der Waals surface area (Å²) in [6.07, 6.45) is 7.93. The van der Waals surface area contributed by atoms with Crippen molar-refractivity contribution in [2.45, 2.75) is 73.9 Å². The number of likely N-dealkylation sites (tertiary alicyclic amines) is 1. The Hall–Kier alpha value is -3.11. The lowest BCUT2D eigenvalue weighted by molar-refractivity contribution is -0.115. The molecule has 3 aromatic rings. The van der Waals surface area contributed by atoms with Crippen molar-refractivity contribution in [3.05, 3.63) is 42.1 Å². The maximum absolute atomic E-state index is 11.7. The van der Waals surface area contributed by atoms with Crippen LogP contribution >= 0.6 is 11.8 Å². The van der Waals surface area contributed by atoms with E-state index in [0.717, 1.165) is 41.1 Å². The summed E-state index contributed by atoms with van der Waals surface area (Å²) in [6, 6.07) is 12.7. The normalized spacial score (nSPS) is 18.6. The first kappa shape index (κ1) is 25.2. The van der Waals surface area contributed by atoms with Gasteiger partial charge in [0.2, 0.25) is 5.91 Å². The molecule has 0 unspecified atom stereocenters. The second-order valence-corrected chi connectivity index (χ2v) is 11.5. The standard InChI is InChI=1S/C28H36N8OS.3H2/c1-2-27(37)29-20-7-9-22(10-8-20)38-28-31-24(30-25-17-23(33-34-25)19-5-6-19)18-26(32-28)36-15-11-21(12-16-36)35-13-3-4-14-35;;;/h7-10,17-19,21H,2-6,11-16H2,1H3,(H,29,37)(H2,30,31,32,33,34);3*1H. The molecule has 0 bridgehead atoms. The quantitative estimate of drug-likeness (QED) is 0.280. The highest BCUT2D eigenvalue weighted by Gasteiger charge is 2.28. The summed E-state index contributed by atoms with van der Waals surface area (Å²) in [4.78, 5) is 27.6. The molecule has 0 atom stereocenters. The number of carbonyl (C=O) groups excluding carboxylic acids is 1. The Kier molecular flexibility index (Phi) is 7.51. The van der Waals surface area contributed by atoms with Crippen LogP contribution in [0.1, 0.15) is 67.8 Å². The second kappa shape index (κ2) is 11.3. The lowest BCUT2D eigenvalue weighted by Gasteiger charge is -2.37. The predicted molar refractivity (Wildman–Crippen MR) is 158 cm³/mol. The van der Waals surface area contributed by atoms with Crippen LogP contribution in [0.3, 0.4) is 0 Å². The van der Waals surface area contributed by atoms with Gasteiger partial charge in [0.25, 0.3) is 0 Å². The first-order valence-corrected chi connectivity index (χ1v) is 14.7. The van der Waals surface area contributed by atoms with E-state index in [0.29, 0.717) is 23.5 Å². The SMILES string of the molecule is CCC(=O)Nc1ccc(Sc2nc(Nc3cc(C4CC4)[nH]n3)cc(N3CCC(N4CCCC4)CC3)n2)cc1.[HH].[HH].[HH]. The Labute approximate surface area is 232 Å². The number of aromatic amines is 1. The molecule has 1 amide bonds. The van der Waals surface area contributed by atoms with Gasteiger partial charge in [0.05, 0.1) is 0 Å². The van der Waals surface area contributed by atoms with Crippen LogP contribution < -0.4 is 15.5 Å². The van der Waals surface area contributed by atoms with Crippen molar-refractivity contribution >= 4 is 40.8 Å². The van der Waals surface area contributed by atoms with E-state index in [1.165, 1.54) is 69.1 Å². The van der Waals surface area contributed by atoms with Gasteiger partial charge in [0, 0.05) is 64.2 Å². The Morgan fingerprint density at radius 3 is 2.50 bits per heavy atom. The Bertz CT molecular complexity index is 1260. The van der Waals surface area contributed by atoms with Crippen LogP contribution in [0.15, 0.2) is 46.5 Å². The zero-order valence-corrected chi connectivity index (χ0v) is 22.8. The van der Waals surface area contributed by atoms with Crippen LogP contribution in [0, 0.1) is 0 Å². The Morgan fingerprint density at radius 1 is 1.03 bits per heavy atom. The van der Waals surface area contributed by atoms with Gasteiger partial charge in [-0.2, -0.15) is 5.10 Å². The lowest BCUT2D eigenvalue weighted by atomic mass is 10.0. The largest absolute Gasteiger partial charge is 0.356 e. The number of aromatic nitrogens is 4. The van der Waals surface area contributed by atoms with Gasteiger partial charge in [-0.25, -0.2) is 9.97 Å². The minimum atomic E-state index is 0. The fraction of sp³-hybridized carbons (Fsp3) is 0.500.